The van der Waals surface area contributed by atoms with Gasteiger partial charge in [-0.1, -0.05) is 23.2 Å². The molecule has 1 amide bonds. The minimum Gasteiger partial charge on any atom is -0.369 e. The molecule has 14 heteroatoms. The molecule has 0 unspecified atom stereocenters. The number of halogens is 3. The summed E-state index contributed by atoms with van der Waals surface area (Å²) in [6.45, 7) is 1.52. The van der Waals surface area contributed by atoms with E-state index >= 15 is 0 Å². The number of amides is 1. The van der Waals surface area contributed by atoms with Crippen LogP contribution in [-0.2, 0) is 20.0 Å². The lowest BCUT2D eigenvalue weighted by molar-refractivity contribution is 0.102. The molecule has 0 atom stereocenters. The predicted molar refractivity (Wildman–Crippen MR) is 164 cm³/mol. The van der Waals surface area contributed by atoms with E-state index in [0.717, 1.165) is 19.8 Å². The molecule has 39 heavy (non-hydrogen) atoms. The van der Waals surface area contributed by atoms with Crippen LogP contribution in [0.15, 0.2) is 65.6 Å². The second-order valence-corrected chi connectivity index (χ2v) is 15.0. The fourth-order valence-electron chi connectivity index (χ4n) is 4.11. The van der Waals surface area contributed by atoms with Gasteiger partial charge in [-0.25, -0.2) is 16.8 Å². The molecule has 4 rings (SSSR count). The number of carbonyl (C=O) groups is 1. The van der Waals surface area contributed by atoms with Crippen molar-refractivity contribution in [3.63, 3.8) is 0 Å². The summed E-state index contributed by atoms with van der Waals surface area (Å²) < 4.78 is 53.8. The van der Waals surface area contributed by atoms with Crippen molar-refractivity contribution in [2.75, 3.05) is 54.0 Å². The number of anilines is 3. The van der Waals surface area contributed by atoms with Crippen LogP contribution in [0.1, 0.15) is 10.4 Å². The highest BCUT2D eigenvalue weighted by atomic mass is 127. The number of rotatable bonds is 7. The standard InChI is InChI=1S/C25H25Cl2IN4O5S2/c1-30(38(2,34)35)24-8-3-19(28)16-23(24)25(33)29-20-4-6-22(7-5-20)39(36,37)32-11-9-31(10-12-32)21-14-17(26)13-18(27)15-21/h3-8,13-16H,9-12H2,1-2H3,(H,29,33). The van der Waals surface area contributed by atoms with E-state index in [1.54, 1.807) is 36.4 Å². The summed E-state index contributed by atoms with van der Waals surface area (Å²) in [5.74, 6) is -0.521. The van der Waals surface area contributed by atoms with Crippen LogP contribution in [0, 0.1) is 3.57 Å². The Morgan fingerprint density at radius 3 is 2.05 bits per heavy atom. The summed E-state index contributed by atoms with van der Waals surface area (Å²) in [7, 11) is -5.97. The Morgan fingerprint density at radius 1 is 0.897 bits per heavy atom. The van der Waals surface area contributed by atoms with Crippen molar-refractivity contribution < 1.29 is 21.6 Å². The molecule has 9 nitrogen and oxygen atoms in total. The largest absolute Gasteiger partial charge is 0.369 e. The molecule has 0 saturated carbocycles. The number of carbonyl (C=O) groups excluding carboxylic acids is 1. The summed E-state index contributed by atoms with van der Waals surface area (Å²) in [6.07, 6.45) is 1.05. The molecule has 1 N–H and O–H groups in total. The van der Waals surface area contributed by atoms with Gasteiger partial charge < -0.3 is 10.2 Å². The number of nitrogens with zero attached hydrogens (tertiary/aromatic N) is 3. The molecule has 1 fully saturated rings. The third-order valence-electron chi connectivity index (χ3n) is 6.24. The van der Waals surface area contributed by atoms with Gasteiger partial charge >= 0.3 is 0 Å². The van der Waals surface area contributed by atoms with Crippen molar-refractivity contribution in [2.24, 2.45) is 0 Å². The minimum atomic E-state index is -3.75. The van der Waals surface area contributed by atoms with Crippen molar-refractivity contribution >= 4 is 88.8 Å². The maximum Gasteiger partial charge on any atom is 0.257 e. The van der Waals surface area contributed by atoms with E-state index in [2.05, 4.69) is 5.32 Å². The van der Waals surface area contributed by atoms with Crippen LogP contribution in [-0.4, -0.2) is 66.5 Å². The number of nitrogens with one attached hydrogen (secondary N) is 1. The van der Waals surface area contributed by atoms with E-state index in [4.69, 9.17) is 23.2 Å². The van der Waals surface area contributed by atoms with Crippen LogP contribution >= 0.6 is 45.8 Å². The van der Waals surface area contributed by atoms with E-state index < -0.39 is 26.0 Å². The van der Waals surface area contributed by atoms with Gasteiger partial charge in [-0.05, 0) is 83.3 Å². The van der Waals surface area contributed by atoms with Crippen LogP contribution in [0.3, 0.4) is 0 Å². The smallest absolute Gasteiger partial charge is 0.257 e. The molecule has 1 aliphatic rings. The van der Waals surface area contributed by atoms with E-state index in [-0.39, 0.29) is 29.2 Å². The van der Waals surface area contributed by atoms with Crippen molar-refractivity contribution in [1.82, 2.24) is 4.31 Å². The molecule has 0 aromatic heterocycles. The predicted octanol–water partition coefficient (Wildman–Crippen LogP) is 4.76. The highest BCUT2D eigenvalue weighted by molar-refractivity contribution is 14.1. The lowest BCUT2D eigenvalue weighted by Gasteiger charge is -2.35. The third-order valence-corrected chi connectivity index (χ3v) is 10.5. The molecule has 1 heterocycles. The quantitative estimate of drug-likeness (QED) is 0.353. The average Bonchev–Trinajstić information content (AvgIpc) is 2.87. The van der Waals surface area contributed by atoms with E-state index in [1.807, 2.05) is 27.5 Å². The SMILES string of the molecule is CN(c1ccc(I)cc1C(=O)Nc1ccc(S(=O)(=O)N2CCN(c3cc(Cl)cc(Cl)c3)CC2)cc1)S(C)(=O)=O. The van der Waals surface area contributed by atoms with E-state index in [0.29, 0.717) is 28.8 Å². The molecular weight excluding hydrogens is 698 g/mol. The van der Waals surface area contributed by atoms with Gasteiger partial charge in [0.15, 0.2) is 0 Å². The van der Waals surface area contributed by atoms with Gasteiger partial charge in [0.25, 0.3) is 5.91 Å². The van der Waals surface area contributed by atoms with Gasteiger partial charge in [0.1, 0.15) is 0 Å². The maximum absolute atomic E-state index is 13.3. The van der Waals surface area contributed by atoms with Gasteiger partial charge in [0.2, 0.25) is 20.0 Å². The highest BCUT2D eigenvalue weighted by Crippen LogP contribution is 2.28. The second kappa shape index (κ2) is 11.8. The first kappa shape index (κ1) is 29.9. The number of sulfonamides is 2. The minimum absolute atomic E-state index is 0.103. The monoisotopic (exact) mass is 722 g/mol. The van der Waals surface area contributed by atoms with Crippen LogP contribution in [0.5, 0.6) is 0 Å². The zero-order valence-electron chi connectivity index (χ0n) is 20.9. The molecule has 0 radical (unpaired) electrons. The Labute approximate surface area is 251 Å². The molecule has 0 bridgehead atoms. The lowest BCUT2D eigenvalue weighted by atomic mass is 10.1. The number of hydrogen-bond acceptors (Lipinski definition) is 6. The van der Waals surface area contributed by atoms with Crippen molar-refractivity contribution in [3.05, 3.63) is 79.8 Å². The summed E-state index contributed by atoms with van der Waals surface area (Å²) in [5.41, 5.74) is 1.61. The molecular formula is C25H25Cl2IN4O5S2. The van der Waals surface area contributed by atoms with E-state index in [9.17, 15) is 21.6 Å². The fraction of sp³-hybridized carbons (Fsp3) is 0.240. The highest BCUT2D eigenvalue weighted by Gasteiger charge is 2.29. The van der Waals surface area contributed by atoms with Gasteiger partial charge in [-0.3, -0.25) is 9.10 Å². The van der Waals surface area contributed by atoms with Crippen LogP contribution in [0.25, 0.3) is 0 Å². The molecule has 1 saturated heterocycles. The Bertz CT molecular complexity index is 1590. The fourth-order valence-corrected chi connectivity index (χ4v) is 7.05. The molecule has 3 aromatic carbocycles. The van der Waals surface area contributed by atoms with Crippen LogP contribution in [0.2, 0.25) is 10.0 Å². The van der Waals surface area contributed by atoms with Gasteiger partial charge in [0.05, 0.1) is 22.4 Å². The van der Waals surface area contributed by atoms with Gasteiger partial charge in [-0.15, -0.1) is 0 Å². The summed E-state index contributed by atoms with van der Waals surface area (Å²) >= 11 is 14.2. The first-order valence-electron chi connectivity index (χ1n) is 11.6. The molecule has 208 valence electrons. The van der Waals surface area contributed by atoms with E-state index in [1.165, 1.54) is 35.6 Å². The summed E-state index contributed by atoms with van der Waals surface area (Å²) in [6, 6.07) is 16.0. The van der Waals surface area contributed by atoms with Gasteiger partial charge in [0, 0.05) is 58.2 Å². The van der Waals surface area contributed by atoms with Crippen LogP contribution < -0.4 is 14.5 Å². The topological polar surface area (TPSA) is 107 Å². The number of benzene rings is 3. The first-order valence-corrected chi connectivity index (χ1v) is 16.7. The van der Waals surface area contributed by atoms with Crippen molar-refractivity contribution in [1.29, 1.82) is 0 Å². The zero-order chi connectivity index (χ0) is 28.5. The Kier molecular flexibility index (Phi) is 9.03. The Morgan fingerprint density at radius 2 is 1.49 bits per heavy atom. The van der Waals surface area contributed by atoms with Crippen LogP contribution in [0.4, 0.5) is 17.1 Å². The third kappa shape index (κ3) is 6.98. The first-order chi connectivity index (χ1) is 18.3. The summed E-state index contributed by atoms with van der Waals surface area (Å²) in [5, 5.41) is 3.75. The van der Waals surface area contributed by atoms with Gasteiger partial charge in [-0.2, -0.15) is 4.31 Å². The summed E-state index contributed by atoms with van der Waals surface area (Å²) in [4.78, 5) is 15.2. The zero-order valence-corrected chi connectivity index (χ0v) is 26.2. The Balaban J connectivity index is 1.46. The lowest BCUT2D eigenvalue weighted by Crippen LogP contribution is -2.48. The Hall–Kier alpha value is -2.10. The molecule has 3 aromatic rings. The molecule has 0 aliphatic carbocycles. The van der Waals surface area contributed by atoms with Crippen molar-refractivity contribution in [2.45, 2.75) is 4.90 Å². The molecule has 1 aliphatic heterocycles. The number of piperazine rings is 1. The second-order valence-electron chi connectivity index (χ2n) is 8.89. The normalized spacial score (nSPS) is 14.7. The molecule has 0 spiro atoms. The van der Waals surface area contributed by atoms with Crippen molar-refractivity contribution in [3.8, 4) is 0 Å². The number of hydrogen-bond donors (Lipinski definition) is 1. The average molecular weight is 723 g/mol. The maximum atomic E-state index is 13.3.